The number of aromatic nitrogens is 2. The molecule has 5 nitrogen and oxygen atoms in total. The molecule has 1 aromatic heterocycles. The monoisotopic (exact) mass is 264 g/mol. The van der Waals surface area contributed by atoms with Gasteiger partial charge in [0.25, 0.3) is 5.91 Å². The summed E-state index contributed by atoms with van der Waals surface area (Å²) >= 11 is 5.79. The molecule has 2 aromatic rings. The van der Waals surface area contributed by atoms with Gasteiger partial charge in [0, 0.05) is 18.3 Å². The van der Waals surface area contributed by atoms with Crippen LogP contribution in [0.15, 0.2) is 24.4 Å². The first-order chi connectivity index (χ1) is 8.47. The van der Waals surface area contributed by atoms with Crippen LogP contribution < -0.4 is 11.1 Å². The summed E-state index contributed by atoms with van der Waals surface area (Å²) in [7, 11) is 1.76. The van der Waals surface area contributed by atoms with Crippen molar-refractivity contribution in [3.05, 3.63) is 40.7 Å². The largest absolute Gasteiger partial charge is 0.397 e. The van der Waals surface area contributed by atoms with Crippen LogP contribution >= 0.6 is 11.6 Å². The normalized spacial score (nSPS) is 10.4. The maximum atomic E-state index is 12.0. The highest BCUT2D eigenvalue weighted by atomic mass is 35.5. The van der Waals surface area contributed by atoms with Gasteiger partial charge in [-0.05, 0) is 25.1 Å². The SMILES string of the molecule is Cc1nn(C)cc1C(=O)Nc1ccc(Cl)cc1N. The fraction of sp³-hybridized carbons (Fsp3) is 0.167. The summed E-state index contributed by atoms with van der Waals surface area (Å²) in [6.07, 6.45) is 1.66. The van der Waals surface area contributed by atoms with Crippen molar-refractivity contribution in [2.45, 2.75) is 6.92 Å². The number of carbonyl (C=O) groups is 1. The van der Waals surface area contributed by atoms with Crippen LogP contribution in [0.2, 0.25) is 5.02 Å². The Labute approximate surface area is 110 Å². The summed E-state index contributed by atoms with van der Waals surface area (Å²) in [6.45, 7) is 1.78. The number of nitrogen functional groups attached to an aromatic ring is 1. The molecule has 0 bridgehead atoms. The number of amides is 1. The van der Waals surface area contributed by atoms with Gasteiger partial charge in [0.1, 0.15) is 0 Å². The number of nitrogens with one attached hydrogen (secondary N) is 1. The third-order valence-corrected chi connectivity index (χ3v) is 2.75. The zero-order valence-corrected chi connectivity index (χ0v) is 10.8. The van der Waals surface area contributed by atoms with Crippen molar-refractivity contribution >= 4 is 28.9 Å². The summed E-state index contributed by atoms with van der Waals surface area (Å²) in [4.78, 5) is 12.0. The molecule has 0 spiro atoms. The van der Waals surface area contributed by atoms with Crippen LogP contribution in [0.4, 0.5) is 11.4 Å². The molecule has 1 aromatic carbocycles. The molecule has 1 heterocycles. The first-order valence-electron chi connectivity index (χ1n) is 5.34. The van der Waals surface area contributed by atoms with E-state index in [0.717, 1.165) is 0 Å². The number of anilines is 2. The Morgan fingerprint density at radius 1 is 1.50 bits per heavy atom. The van der Waals surface area contributed by atoms with Crippen LogP contribution in [0.3, 0.4) is 0 Å². The van der Waals surface area contributed by atoms with E-state index in [4.69, 9.17) is 17.3 Å². The third-order valence-electron chi connectivity index (χ3n) is 2.52. The molecule has 2 rings (SSSR count). The number of nitrogens with two attached hydrogens (primary N) is 1. The fourth-order valence-electron chi connectivity index (χ4n) is 1.66. The Bertz CT molecular complexity index is 606. The van der Waals surface area contributed by atoms with Gasteiger partial charge in [0.2, 0.25) is 0 Å². The Hall–Kier alpha value is -2.01. The third kappa shape index (κ3) is 2.46. The molecule has 0 aliphatic rings. The molecule has 0 unspecified atom stereocenters. The van der Waals surface area contributed by atoms with Crippen molar-refractivity contribution < 1.29 is 4.79 Å². The van der Waals surface area contributed by atoms with Crippen LogP contribution in [0, 0.1) is 6.92 Å². The summed E-state index contributed by atoms with van der Waals surface area (Å²) < 4.78 is 1.59. The summed E-state index contributed by atoms with van der Waals surface area (Å²) in [5.41, 5.74) is 7.92. The predicted molar refractivity (Wildman–Crippen MR) is 71.8 cm³/mol. The van der Waals surface area contributed by atoms with Crippen LogP contribution in [0.25, 0.3) is 0 Å². The number of hydrogen-bond donors (Lipinski definition) is 2. The van der Waals surface area contributed by atoms with Crippen molar-refractivity contribution in [2.24, 2.45) is 7.05 Å². The van der Waals surface area contributed by atoms with Crippen molar-refractivity contribution in [1.29, 1.82) is 0 Å². The van der Waals surface area contributed by atoms with Gasteiger partial charge in [-0.15, -0.1) is 0 Å². The molecule has 0 atom stereocenters. The van der Waals surface area contributed by atoms with E-state index in [1.165, 1.54) is 0 Å². The second kappa shape index (κ2) is 4.70. The Morgan fingerprint density at radius 2 is 2.22 bits per heavy atom. The van der Waals surface area contributed by atoms with Crippen molar-refractivity contribution in [2.75, 3.05) is 11.1 Å². The van der Waals surface area contributed by atoms with Crippen molar-refractivity contribution in [3.8, 4) is 0 Å². The van der Waals surface area contributed by atoms with E-state index < -0.39 is 0 Å². The molecule has 0 fully saturated rings. The maximum Gasteiger partial charge on any atom is 0.259 e. The number of benzene rings is 1. The second-order valence-corrected chi connectivity index (χ2v) is 4.42. The molecule has 0 aliphatic heterocycles. The van der Waals surface area contributed by atoms with Crippen molar-refractivity contribution in [1.82, 2.24) is 9.78 Å². The van der Waals surface area contributed by atoms with Gasteiger partial charge >= 0.3 is 0 Å². The number of nitrogens with zero attached hydrogens (tertiary/aromatic N) is 2. The quantitative estimate of drug-likeness (QED) is 0.817. The summed E-state index contributed by atoms with van der Waals surface area (Å²) in [6, 6.07) is 4.93. The van der Waals surface area contributed by atoms with Gasteiger partial charge in [-0.1, -0.05) is 11.6 Å². The van der Waals surface area contributed by atoms with Gasteiger partial charge < -0.3 is 11.1 Å². The van der Waals surface area contributed by atoms with Gasteiger partial charge in [-0.2, -0.15) is 5.10 Å². The lowest BCUT2D eigenvalue weighted by atomic mass is 10.2. The van der Waals surface area contributed by atoms with Crippen LogP contribution in [-0.2, 0) is 7.05 Å². The Balaban J connectivity index is 2.24. The Morgan fingerprint density at radius 3 is 2.78 bits per heavy atom. The molecule has 1 amide bonds. The van der Waals surface area contributed by atoms with E-state index in [0.29, 0.717) is 27.7 Å². The van der Waals surface area contributed by atoms with Crippen LogP contribution in [0.5, 0.6) is 0 Å². The Kier molecular flexibility index (Phi) is 3.25. The van der Waals surface area contributed by atoms with E-state index in [9.17, 15) is 4.79 Å². The molecule has 0 aliphatic carbocycles. The molecule has 0 saturated carbocycles. The topological polar surface area (TPSA) is 72.9 Å². The van der Waals surface area contributed by atoms with Gasteiger partial charge in [0.15, 0.2) is 0 Å². The fourth-order valence-corrected chi connectivity index (χ4v) is 1.84. The first-order valence-corrected chi connectivity index (χ1v) is 5.72. The minimum absolute atomic E-state index is 0.241. The number of rotatable bonds is 2. The highest BCUT2D eigenvalue weighted by molar-refractivity contribution is 6.31. The van der Waals surface area contributed by atoms with Gasteiger partial charge in [-0.3, -0.25) is 9.48 Å². The second-order valence-electron chi connectivity index (χ2n) is 3.99. The van der Waals surface area contributed by atoms with Crippen LogP contribution in [-0.4, -0.2) is 15.7 Å². The van der Waals surface area contributed by atoms with Gasteiger partial charge in [-0.25, -0.2) is 0 Å². The number of carbonyl (C=O) groups excluding carboxylic acids is 1. The molecule has 3 N–H and O–H groups in total. The number of halogens is 1. The zero-order valence-electron chi connectivity index (χ0n) is 10.1. The molecule has 94 valence electrons. The molecular formula is C12H13ClN4O. The first kappa shape index (κ1) is 12.4. The lowest BCUT2D eigenvalue weighted by molar-refractivity contribution is 0.102. The summed E-state index contributed by atoms with van der Waals surface area (Å²) in [5.74, 6) is -0.241. The number of aryl methyl sites for hydroxylation is 2. The van der Waals surface area contributed by atoms with Gasteiger partial charge in [0.05, 0.1) is 22.6 Å². The zero-order chi connectivity index (χ0) is 13.3. The smallest absolute Gasteiger partial charge is 0.259 e. The molecule has 0 saturated heterocycles. The lowest BCUT2D eigenvalue weighted by Gasteiger charge is -2.07. The lowest BCUT2D eigenvalue weighted by Crippen LogP contribution is -2.13. The minimum atomic E-state index is -0.241. The van der Waals surface area contributed by atoms with Crippen molar-refractivity contribution in [3.63, 3.8) is 0 Å². The molecular weight excluding hydrogens is 252 g/mol. The molecule has 0 radical (unpaired) electrons. The summed E-state index contributed by atoms with van der Waals surface area (Å²) in [5, 5.41) is 7.38. The molecule has 6 heteroatoms. The van der Waals surface area contributed by atoms with E-state index >= 15 is 0 Å². The molecule has 18 heavy (non-hydrogen) atoms. The number of hydrogen-bond acceptors (Lipinski definition) is 3. The van der Waals surface area contributed by atoms with E-state index in [1.54, 1.807) is 43.0 Å². The highest BCUT2D eigenvalue weighted by Gasteiger charge is 2.13. The van der Waals surface area contributed by atoms with E-state index in [2.05, 4.69) is 10.4 Å². The highest BCUT2D eigenvalue weighted by Crippen LogP contribution is 2.23. The van der Waals surface area contributed by atoms with E-state index in [1.807, 2.05) is 0 Å². The standard InChI is InChI=1S/C12H13ClN4O/c1-7-9(6-17(2)16-7)12(18)15-11-4-3-8(13)5-10(11)14/h3-6H,14H2,1-2H3,(H,15,18). The maximum absolute atomic E-state index is 12.0. The predicted octanol–water partition coefficient (Wildman–Crippen LogP) is 2.22. The van der Waals surface area contributed by atoms with Crippen LogP contribution in [0.1, 0.15) is 16.1 Å². The van der Waals surface area contributed by atoms with E-state index in [-0.39, 0.29) is 5.91 Å². The average Bonchev–Trinajstić information content (AvgIpc) is 2.62. The minimum Gasteiger partial charge on any atom is -0.397 e. The average molecular weight is 265 g/mol.